The third kappa shape index (κ3) is 9.90. The Hall–Kier alpha value is -5.54. The molecule has 2 fully saturated rings. The lowest BCUT2D eigenvalue weighted by molar-refractivity contribution is -0.279. The Morgan fingerprint density at radius 2 is 1.03 bits per heavy atom. The number of carbonyl (C=O) groups excluding carboxylic acids is 2. The van der Waals surface area contributed by atoms with Gasteiger partial charge in [-0.15, -0.1) is 0 Å². The van der Waals surface area contributed by atoms with E-state index in [-0.39, 0.29) is 54.2 Å². The predicted molar refractivity (Wildman–Crippen MR) is 205 cm³/mol. The quantitative estimate of drug-likeness (QED) is 0.0688. The van der Waals surface area contributed by atoms with E-state index in [0.717, 1.165) is 17.7 Å². The molecule has 1 unspecified atom stereocenters. The maximum Gasteiger partial charge on any atom is 0.229 e. The summed E-state index contributed by atoms with van der Waals surface area (Å²) in [5.74, 6) is -3.30. The summed E-state index contributed by atoms with van der Waals surface area (Å²) < 4.78 is 29.0. The number of benzene rings is 4. The van der Waals surface area contributed by atoms with Crippen LogP contribution >= 0.6 is 0 Å². The first-order chi connectivity index (χ1) is 28.7. The Kier molecular flexibility index (Phi) is 14.1. The molecule has 2 saturated heterocycles. The summed E-state index contributed by atoms with van der Waals surface area (Å²) in [6.45, 7) is -1.47. The van der Waals surface area contributed by atoms with Gasteiger partial charge in [-0.05, 0) is 72.5 Å². The first-order valence-corrected chi connectivity index (χ1v) is 18.9. The third-order valence-corrected chi connectivity index (χ3v) is 10.2. The smallest absolute Gasteiger partial charge is 0.229 e. The molecule has 0 spiro atoms. The summed E-state index contributed by atoms with van der Waals surface area (Å²) in [6, 6.07) is 18.4. The van der Waals surface area contributed by atoms with Gasteiger partial charge in [0.05, 0.1) is 6.61 Å². The molecule has 2 heterocycles. The number of aryl methyl sites for hydroxylation is 2. The number of carbonyl (C=O) groups is 2. The van der Waals surface area contributed by atoms with Gasteiger partial charge in [0.1, 0.15) is 95.3 Å². The van der Waals surface area contributed by atoms with E-state index in [0.29, 0.717) is 5.56 Å². The lowest BCUT2D eigenvalue weighted by Gasteiger charge is -2.40. The van der Waals surface area contributed by atoms with Crippen LogP contribution in [-0.4, -0.2) is 142 Å². The van der Waals surface area contributed by atoms with Crippen molar-refractivity contribution in [2.75, 3.05) is 13.2 Å². The van der Waals surface area contributed by atoms with Crippen LogP contribution < -0.4 is 14.2 Å². The van der Waals surface area contributed by atoms with Crippen LogP contribution in [-0.2, 0) is 22.3 Å². The molecule has 0 saturated carbocycles. The molecule has 322 valence electrons. The summed E-state index contributed by atoms with van der Waals surface area (Å²) in [7, 11) is 0. The molecule has 18 nitrogen and oxygen atoms in total. The molecular weight excluding hydrogens is 792 g/mol. The number of aliphatic hydroxyl groups is 7. The van der Waals surface area contributed by atoms with E-state index in [1.165, 1.54) is 42.5 Å². The highest BCUT2D eigenvalue weighted by Crippen LogP contribution is 2.41. The van der Waals surface area contributed by atoms with Gasteiger partial charge in [0.15, 0.2) is 23.1 Å². The van der Waals surface area contributed by atoms with Crippen LogP contribution in [0.4, 0.5) is 0 Å². The van der Waals surface area contributed by atoms with E-state index >= 15 is 0 Å². The minimum Gasteiger partial charge on any atom is -0.508 e. The molecule has 0 bridgehead atoms. The molecule has 0 aromatic heterocycles. The van der Waals surface area contributed by atoms with Crippen LogP contribution in [0, 0.1) is 0 Å². The molecule has 10 atom stereocenters. The molecule has 0 aliphatic carbocycles. The summed E-state index contributed by atoms with van der Waals surface area (Å²) in [4.78, 5) is 27.1. The minimum absolute atomic E-state index is 0.00663. The van der Waals surface area contributed by atoms with E-state index < -0.39 is 109 Å². The van der Waals surface area contributed by atoms with Crippen LogP contribution in [0.5, 0.6) is 40.2 Å². The van der Waals surface area contributed by atoms with Gasteiger partial charge in [-0.1, -0.05) is 30.3 Å². The maximum atomic E-state index is 13.7. The van der Waals surface area contributed by atoms with E-state index in [1.807, 2.05) is 0 Å². The predicted octanol–water partition coefficient (Wildman–Crippen LogP) is 0.584. The second-order valence-electron chi connectivity index (χ2n) is 14.4. The Morgan fingerprint density at radius 3 is 1.60 bits per heavy atom. The molecule has 60 heavy (non-hydrogen) atoms. The van der Waals surface area contributed by atoms with Crippen LogP contribution in [0.15, 0.2) is 78.9 Å². The summed E-state index contributed by atoms with van der Waals surface area (Å²) in [6.07, 6.45) is -17.7. The Balaban J connectivity index is 1.24. The van der Waals surface area contributed by atoms with E-state index in [4.69, 9.17) is 23.7 Å². The molecule has 11 N–H and O–H groups in total. The lowest BCUT2D eigenvalue weighted by atomic mass is 9.98. The van der Waals surface area contributed by atoms with Crippen LogP contribution in [0.3, 0.4) is 0 Å². The van der Waals surface area contributed by atoms with Crippen LogP contribution in [0.1, 0.15) is 44.7 Å². The molecule has 2 aliphatic heterocycles. The molecule has 4 aromatic rings. The van der Waals surface area contributed by atoms with E-state index in [2.05, 4.69) is 0 Å². The number of aliphatic hydroxyl groups excluding tert-OH is 7. The zero-order chi connectivity index (χ0) is 43.2. The second kappa shape index (κ2) is 19.2. The Labute approximate surface area is 342 Å². The SMILES string of the molecule is O=C(CCc1ccc(O)cc1)c1c(O)cccc1O[C@@H]1O[C@H](COc2ccc(O)c(C(=O)CCc3ccc(O)cc3)c2O[C@@H]2O[C@H](CO)[C@@H](O)[C@H](O)[C@H]2O)C(O)[C@H](O)[C@H]1O. The number of phenolic OH excluding ortho intramolecular Hbond substituents is 4. The molecule has 6 rings (SSSR count). The number of phenols is 4. The van der Waals surface area contributed by atoms with Gasteiger partial charge in [-0.25, -0.2) is 0 Å². The van der Waals surface area contributed by atoms with Crippen molar-refractivity contribution in [3.05, 3.63) is 101 Å². The van der Waals surface area contributed by atoms with E-state index in [9.17, 15) is 65.8 Å². The number of Topliss-reactive ketones (excluding diaryl/α,β-unsaturated/α-hetero) is 2. The number of ketones is 2. The number of ether oxygens (including phenoxy) is 5. The van der Waals surface area contributed by atoms with Crippen molar-refractivity contribution in [3.63, 3.8) is 0 Å². The fourth-order valence-corrected chi connectivity index (χ4v) is 6.77. The Bertz CT molecular complexity index is 2090. The highest BCUT2D eigenvalue weighted by molar-refractivity contribution is 6.02. The standard InChI is InChI=1S/C42H46O18/c43-18-30-34(50)36(52)39(55)42(58-30)60-40-29(17-16-27(49)33(40)26(48)15-9-21-6-12-23(45)13-7-21)56-19-31-35(51)37(53)38(54)41(59-31)57-28-3-1-2-24(46)32(28)25(47)14-8-20-4-10-22(44)11-5-20/h1-7,10-13,16-17,30-31,34-39,41-46,49-55H,8-9,14-15,18-19H2/t30-,31-,34-,35?,36+,37+,38-,39-,41-,42+/m1/s1. The number of hydrogen-bond donors (Lipinski definition) is 11. The summed E-state index contributed by atoms with van der Waals surface area (Å²) >= 11 is 0. The van der Waals surface area contributed by atoms with Crippen molar-refractivity contribution in [2.45, 2.75) is 87.1 Å². The monoisotopic (exact) mass is 838 g/mol. The van der Waals surface area contributed by atoms with Gasteiger partial charge in [-0.2, -0.15) is 0 Å². The van der Waals surface area contributed by atoms with Crippen molar-refractivity contribution >= 4 is 11.6 Å². The van der Waals surface area contributed by atoms with Crippen LogP contribution in [0.2, 0.25) is 0 Å². The van der Waals surface area contributed by atoms with Gasteiger partial charge in [0.25, 0.3) is 0 Å². The molecular formula is C42H46O18. The summed E-state index contributed by atoms with van der Waals surface area (Å²) in [5, 5.41) is 115. The van der Waals surface area contributed by atoms with Crippen molar-refractivity contribution in [1.29, 1.82) is 0 Å². The van der Waals surface area contributed by atoms with Gasteiger partial charge in [0, 0.05) is 12.8 Å². The molecule has 18 heteroatoms. The van der Waals surface area contributed by atoms with Crippen LogP contribution in [0.25, 0.3) is 0 Å². The fraction of sp³-hybridized carbons (Fsp3) is 0.381. The first kappa shape index (κ1) is 44.0. The largest absolute Gasteiger partial charge is 0.508 e. The number of hydrogen-bond acceptors (Lipinski definition) is 18. The van der Waals surface area contributed by atoms with Crippen molar-refractivity contribution in [2.24, 2.45) is 0 Å². The minimum atomic E-state index is -1.95. The number of rotatable bonds is 16. The van der Waals surface area contributed by atoms with Gasteiger partial charge in [-0.3, -0.25) is 9.59 Å². The lowest BCUT2D eigenvalue weighted by Crippen LogP contribution is -2.60. The van der Waals surface area contributed by atoms with Crippen molar-refractivity contribution < 1.29 is 89.4 Å². The Morgan fingerprint density at radius 1 is 0.533 bits per heavy atom. The average Bonchev–Trinajstić information content (AvgIpc) is 3.23. The highest BCUT2D eigenvalue weighted by Gasteiger charge is 2.47. The first-order valence-electron chi connectivity index (χ1n) is 18.9. The third-order valence-electron chi connectivity index (χ3n) is 10.2. The van der Waals surface area contributed by atoms with Crippen molar-refractivity contribution in [3.8, 4) is 40.2 Å². The average molecular weight is 839 g/mol. The zero-order valence-electron chi connectivity index (χ0n) is 31.8. The molecule has 4 aromatic carbocycles. The van der Waals surface area contributed by atoms with Gasteiger partial charge >= 0.3 is 0 Å². The number of aromatic hydroxyl groups is 4. The second-order valence-corrected chi connectivity index (χ2v) is 14.4. The summed E-state index contributed by atoms with van der Waals surface area (Å²) in [5.41, 5.74) is 0.673. The molecule has 2 aliphatic rings. The topological polar surface area (TPSA) is 303 Å². The maximum absolute atomic E-state index is 13.7. The van der Waals surface area contributed by atoms with Gasteiger partial charge in [0.2, 0.25) is 12.6 Å². The normalized spacial score (nSPS) is 26.6. The zero-order valence-corrected chi connectivity index (χ0v) is 31.8. The molecule has 0 radical (unpaired) electrons. The van der Waals surface area contributed by atoms with E-state index in [1.54, 1.807) is 24.3 Å². The highest BCUT2D eigenvalue weighted by atomic mass is 16.7. The van der Waals surface area contributed by atoms with Crippen molar-refractivity contribution in [1.82, 2.24) is 0 Å². The molecule has 0 amide bonds. The fourth-order valence-electron chi connectivity index (χ4n) is 6.77. The van der Waals surface area contributed by atoms with Gasteiger partial charge < -0.3 is 79.9 Å².